The zero-order valence-corrected chi connectivity index (χ0v) is 17.3. The van der Waals surface area contributed by atoms with Gasteiger partial charge in [0.2, 0.25) is 11.8 Å². The Balaban J connectivity index is 1.54. The van der Waals surface area contributed by atoms with Gasteiger partial charge in [-0.2, -0.15) is 0 Å². The molecule has 1 heterocycles. The van der Waals surface area contributed by atoms with E-state index in [1.807, 2.05) is 0 Å². The van der Waals surface area contributed by atoms with E-state index in [2.05, 4.69) is 17.6 Å². The van der Waals surface area contributed by atoms with Crippen LogP contribution in [0.5, 0.6) is 5.75 Å². The fourth-order valence-electron chi connectivity index (χ4n) is 3.34. The van der Waals surface area contributed by atoms with E-state index in [1.165, 1.54) is 0 Å². The van der Waals surface area contributed by atoms with Gasteiger partial charge in [-0.25, -0.2) is 0 Å². The summed E-state index contributed by atoms with van der Waals surface area (Å²) in [6.45, 7) is 3.25. The van der Waals surface area contributed by atoms with E-state index in [-0.39, 0.29) is 30.1 Å². The lowest BCUT2D eigenvalue weighted by atomic mass is 10.1. The van der Waals surface area contributed by atoms with Crippen molar-refractivity contribution < 1.29 is 19.1 Å². The van der Waals surface area contributed by atoms with Gasteiger partial charge >= 0.3 is 0 Å². The minimum atomic E-state index is -0.340. The highest BCUT2D eigenvalue weighted by atomic mass is 16.5. The van der Waals surface area contributed by atoms with Crippen molar-refractivity contribution in [3.05, 3.63) is 54.1 Å². The number of likely N-dealkylation sites (tertiary alicyclic amines) is 1. The summed E-state index contributed by atoms with van der Waals surface area (Å²) in [6, 6.07) is 13.7. The number of hydrogen-bond acceptors (Lipinski definition) is 4. The van der Waals surface area contributed by atoms with Crippen LogP contribution in [0.25, 0.3) is 0 Å². The first-order chi connectivity index (χ1) is 14.5. The topological polar surface area (TPSA) is 87.7 Å². The van der Waals surface area contributed by atoms with Crippen LogP contribution >= 0.6 is 0 Å². The lowest BCUT2D eigenvalue weighted by Gasteiger charge is -2.16. The van der Waals surface area contributed by atoms with E-state index < -0.39 is 0 Å². The second kappa shape index (κ2) is 9.91. The lowest BCUT2D eigenvalue weighted by molar-refractivity contribution is -0.128. The molecule has 0 spiro atoms. The van der Waals surface area contributed by atoms with Crippen molar-refractivity contribution in [1.82, 2.24) is 4.90 Å². The van der Waals surface area contributed by atoms with Crippen molar-refractivity contribution in [2.75, 3.05) is 30.8 Å². The maximum Gasteiger partial charge on any atom is 0.255 e. The molecule has 0 radical (unpaired) electrons. The summed E-state index contributed by atoms with van der Waals surface area (Å²) >= 11 is 0. The molecule has 1 aliphatic heterocycles. The van der Waals surface area contributed by atoms with Crippen molar-refractivity contribution in [1.29, 1.82) is 0 Å². The molecule has 2 aromatic rings. The van der Waals surface area contributed by atoms with Crippen LogP contribution in [0.4, 0.5) is 11.4 Å². The highest BCUT2D eigenvalue weighted by Crippen LogP contribution is 2.21. The van der Waals surface area contributed by atoms with Crippen LogP contribution in [0.2, 0.25) is 0 Å². The molecule has 1 atom stereocenters. The van der Waals surface area contributed by atoms with Gasteiger partial charge in [0.1, 0.15) is 5.75 Å². The number of unbranched alkanes of at least 4 members (excludes halogenated alkanes) is 1. The number of anilines is 2. The number of hydrogen-bond donors (Lipinski definition) is 2. The van der Waals surface area contributed by atoms with E-state index in [9.17, 15) is 14.4 Å². The van der Waals surface area contributed by atoms with Crippen LogP contribution in [0, 0.1) is 5.92 Å². The van der Waals surface area contributed by atoms with Crippen molar-refractivity contribution in [2.45, 2.75) is 26.2 Å². The summed E-state index contributed by atoms with van der Waals surface area (Å²) in [4.78, 5) is 38.7. The number of methoxy groups -OCH3 is 1. The average molecular weight is 409 g/mol. The Kier molecular flexibility index (Phi) is 7.06. The zero-order chi connectivity index (χ0) is 21.5. The molecule has 158 valence electrons. The number of nitrogens with zero attached hydrogens (tertiary/aromatic N) is 1. The molecule has 7 heteroatoms. The molecule has 7 nitrogen and oxygen atoms in total. The van der Waals surface area contributed by atoms with Crippen molar-refractivity contribution in [3.63, 3.8) is 0 Å². The largest absolute Gasteiger partial charge is 0.497 e. The summed E-state index contributed by atoms with van der Waals surface area (Å²) in [7, 11) is 1.58. The maximum atomic E-state index is 12.5. The van der Waals surface area contributed by atoms with Gasteiger partial charge in [0.15, 0.2) is 0 Å². The van der Waals surface area contributed by atoms with E-state index in [0.29, 0.717) is 35.8 Å². The second-order valence-electron chi connectivity index (χ2n) is 7.34. The van der Waals surface area contributed by atoms with Gasteiger partial charge in [-0.1, -0.05) is 13.3 Å². The molecule has 2 aromatic carbocycles. The summed E-state index contributed by atoms with van der Waals surface area (Å²) in [5.74, 6) is -0.00382. The number of benzene rings is 2. The monoisotopic (exact) mass is 409 g/mol. The molecule has 30 heavy (non-hydrogen) atoms. The fraction of sp³-hybridized carbons (Fsp3) is 0.348. The predicted molar refractivity (Wildman–Crippen MR) is 116 cm³/mol. The lowest BCUT2D eigenvalue weighted by Crippen LogP contribution is -2.29. The maximum absolute atomic E-state index is 12.5. The average Bonchev–Trinajstić information content (AvgIpc) is 3.14. The fourth-order valence-corrected chi connectivity index (χ4v) is 3.34. The van der Waals surface area contributed by atoms with Crippen LogP contribution in [0.3, 0.4) is 0 Å². The molecule has 3 rings (SSSR count). The van der Waals surface area contributed by atoms with Crippen molar-refractivity contribution in [3.8, 4) is 5.75 Å². The van der Waals surface area contributed by atoms with Crippen LogP contribution < -0.4 is 15.4 Å². The van der Waals surface area contributed by atoms with Crippen LogP contribution in [0.15, 0.2) is 48.5 Å². The SMILES string of the molecule is CCCCN1C[C@H](C(=O)Nc2ccc(C(=O)Nc3ccc(OC)cc3)cc2)CC1=O. The molecular formula is C23H27N3O4. The Bertz CT molecular complexity index is 894. The number of rotatable bonds is 8. The first-order valence-corrected chi connectivity index (χ1v) is 10.1. The number of amides is 3. The van der Waals surface area contributed by atoms with Gasteiger partial charge in [-0.3, -0.25) is 14.4 Å². The van der Waals surface area contributed by atoms with E-state index in [1.54, 1.807) is 60.5 Å². The highest BCUT2D eigenvalue weighted by Gasteiger charge is 2.33. The number of carbonyl (C=O) groups is 3. The van der Waals surface area contributed by atoms with Crippen molar-refractivity contribution in [2.24, 2.45) is 5.92 Å². The summed E-state index contributed by atoms with van der Waals surface area (Å²) in [6.07, 6.45) is 2.21. The van der Waals surface area contributed by atoms with Crippen molar-refractivity contribution >= 4 is 29.1 Å². The molecule has 0 saturated carbocycles. The Morgan fingerprint density at radius 3 is 2.30 bits per heavy atom. The van der Waals surface area contributed by atoms with E-state index in [0.717, 1.165) is 12.8 Å². The van der Waals surface area contributed by atoms with Crippen LogP contribution in [-0.2, 0) is 9.59 Å². The third kappa shape index (κ3) is 5.37. The Morgan fingerprint density at radius 2 is 1.67 bits per heavy atom. The van der Waals surface area contributed by atoms with E-state index >= 15 is 0 Å². The second-order valence-corrected chi connectivity index (χ2v) is 7.34. The summed E-state index contributed by atoms with van der Waals surface area (Å²) in [5.41, 5.74) is 1.74. The third-order valence-electron chi connectivity index (χ3n) is 5.13. The summed E-state index contributed by atoms with van der Waals surface area (Å²) < 4.78 is 5.10. The van der Waals surface area contributed by atoms with Gasteiger partial charge in [-0.05, 0) is 55.0 Å². The number of nitrogens with one attached hydrogen (secondary N) is 2. The molecule has 1 saturated heterocycles. The van der Waals surface area contributed by atoms with E-state index in [4.69, 9.17) is 4.74 Å². The van der Waals surface area contributed by atoms with Gasteiger partial charge in [0.05, 0.1) is 13.0 Å². The Labute approximate surface area is 176 Å². The molecule has 3 amide bonds. The molecule has 0 unspecified atom stereocenters. The predicted octanol–water partition coefficient (Wildman–Crippen LogP) is 3.53. The first kappa shape index (κ1) is 21.4. The molecule has 0 aromatic heterocycles. The third-order valence-corrected chi connectivity index (χ3v) is 5.13. The van der Waals surface area contributed by atoms with Gasteiger partial charge in [0, 0.05) is 36.4 Å². The van der Waals surface area contributed by atoms with Crippen LogP contribution in [-0.4, -0.2) is 42.8 Å². The Hall–Kier alpha value is -3.35. The molecule has 0 aliphatic carbocycles. The zero-order valence-electron chi connectivity index (χ0n) is 17.3. The van der Waals surface area contributed by atoms with Gasteiger partial charge in [-0.15, -0.1) is 0 Å². The van der Waals surface area contributed by atoms with Gasteiger partial charge in [0.25, 0.3) is 5.91 Å². The van der Waals surface area contributed by atoms with Crippen LogP contribution in [0.1, 0.15) is 36.5 Å². The molecule has 1 fully saturated rings. The smallest absolute Gasteiger partial charge is 0.255 e. The Morgan fingerprint density at radius 1 is 1.03 bits per heavy atom. The first-order valence-electron chi connectivity index (χ1n) is 10.1. The molecule has 1 aliphatic rings. The normalized spacial score (nSPS) is 15.7. The molecular weight excluding hydrogens is 382 g/mol. The number of ether oxygens (including phenoxy) is 1. The summed E-state index contributed by atoms with van der Waals surface area (Å²) in [5, 5.41) is 5.66. The van der Waals surface area contributed by atoms with Gasteiger partial charge < -0.3 is 20.3 Å². The minimum absolute atomic E-state index is 0.0363. The molecule has 2 N–H and O–H groups in total. The standard InChI is InChI=1S/C23H27N3O4/c1-3-4-13-26-15-17(14-21(26)27)23(29)25-18-7-5-16(6-8-18)22(28)24-19-9-11-20(30-2)12-10-19/h5-12,17H,3-4,13-15H2,1-2H3,(H,24,28)(H,25,29)/t17-/m1/s1. The minimum Gasteiger partial charge on any atom is -0.497 e. The quantitative estimate of drug-likeness (QED) is 0.698. The highest BCUT2D eigenvalue weighted by molar-refractivity contribution is 6.05. The molecule has 0 bridgehead atoms. The number of carbonyl (C=O) groups excluding carboxylic acids is 3.